The minimum Gasteiger partial charge on any atom is -0.396 e. The van der Waals surface area contributed by atoms with Crippen LogP contribution in [0.4, 0.5) is 0 Å². The smallest absolute Gasteiger partial charge is 0.0742 e. The second-order valence-corrected chi connectivity index (χ2v) is 7.75. The van der Waals surface area contributed by atoms with Gasteiger partial charge in [0, 0.05) is 13.2 Å². The van der Waals surface area contributed by atoms with Crippen LogP contribution in [0.25, 0.3) is 0 Å². The van der Waals surface area contributed by atoms with Gasteiger partial charge in [0.2, 0.25) is 0 Å². The Morgan fingerprint density at radius 2 is 0.821 bits per heavy atom. The quantitative estimate of drug-likeness (QED) is 0.209. The molecule has 0 fully saturated rings. The van der Waals surface area contributed by atoms with E-state index in [9.17, 15) is 0 Å². The summed E-state index contributed by atoms with van der Waals surface area (Å²) in [4.78, 5) is 0. The predicted octanol–water partition coefficient (Wildman–Crippen LogP) is 4.59. The van der Waals surface area contributed by atoms with Gasteiger partial charge in [-0.15, -0.1) is 0 Å². The van der Waals surface area contributed by atoms with Crippen LogP contribution < -0.4 is 0 Å². The maximum Gasteiger partial charge on any atom is 0.0742 e. The van der Waals surface area contributed by atoms with Crippen LogP contribution in [0.3, 0.4) is 0 Å². The van der Waals surface area contributed by atoms with Crippen molar-refractivity contribution in [3.05, 3.63) is 0 Å². The molecule has 0 aromatic heterocycles. The van der Waals surface area contributed by atoms with E-state index < -0.39 is 6.10 Å². The van der Waals surface area contributed by atoms with Gasteiger partial charge < -0.3 is 25.2 Å². The fraction of sp³-hybridized carbons (Fsp3) is 1.00. The van der Waals surface area contributed by atoms with Crippen molar-refractivity contribution in [2.75, 3.05) is 33.0 Å². The molecule has 0 aliphatic carbocycles. The largest absolute Gasteiger partial charge is 0.396 e. The van der Waals surface area contributed by atoms with Gasteiger partial charge in [0.1, 0.15) is 0 Å². The van der Waals surface area contributed by atoms with Crippen LogP contribution >= 0.6 is 0 Å². The van der Waals surface area contributed by atoms with Crippen molar-refractivity contribution in [3.8, 4) is 0 Å². The molecule has 5 nitrogen and oxygen atoms in total. The Kier molecular flexibility index (Phi) is 31.1. The molecule has 0 saturated heterocycles. The molecule has 0 heterocycles. The third-order valence-corrected chi connectivity index (χ3v) is 4.70. The maximum atomic E-state index is 8.70. The molecule has 1 atom stereocenters. The third-order valence-electron chi connectivity index (χ3n) is 4.70. The Hall–Kier alpha value is -0.200. The van der Waals surface area contributed by atoms with Gasteiger partial charge >= 0.3 is 0 Å². The SMILES string of the molecule is CC(O)CO.OCCCCCCCCCCCCCCCCCCOCCO. The lowest BCUT2D eigenvalue weighted by Gasteiger charge is -2.04. The Morgan fingerprint density at radius 3 is 1.11 bits per heavy atom. The van der Waals surface area contributed by atoms with Crippen molar-refractivity contribution in [2.45, 2.75) is 116 Å². The standard InChI is InChI=1S/C20H42O3.C3H8O2/c21-17-15-13-11-9-7-5-3-1-2-4-6-8-10-12-14-16-19-23-20-18-22;1-3(5)2-4/h21-22H,1-20H2;3-5H,2H2,1H3. The number of ether oxygens (including phenoxy) is 1. The molecule has 0 saturated carbocycles. The summed E-state index contributed by atoms with van der Waals surface area (Å²) in [7, 11) is 0. The fourth-order valence-corrected chi connectivity index (χ4v) is 2.96. The molecule has 172 valence electrons. The second kappa shape index (κ2) is 29.0. The lowest BCUT2D eigenvalue weighted by Crippen LogP contribution is -2.03. The molecule has 0 amide bonds. The molecule has 0 aliphatic heterocycles. The van der Waals surface area contributed by atoms with Gasteiger partial charge in [-0.2, -0.15) is 0 Å². The lowest BCUT2D eigenvalue weighted by molar-refractivity contribution is 0.0895. The molecule has 0 rings (SSSR count). The maximum absolute atomic E-state index is 8.70. The average Bonchev–Trinajstić information content (AvgIpc) is 2.70. The molecule has 0 aromatic rings. The van der Waals surface area contributed by atoms with Crippen LogP contribution in [0, 0.1) is 0 Å². The molecule has 0 aliphatic rings. The summed E-state index contributed by atoms with van der Waals surface area (Å²) < 4.78 is 5.25. The van der Waals surface area contributed by atoms with Gasteiger partial charge in [-0.05, 0) is 19.8 Å². The summed E-state index contributed by atoms with van der Waals surface area (Å²) in [6.07, 6.45) is 20.6. The molecule has 1 unspecified atom stereocenters. The first-order valence-electron chi connectivity index (χ1n) is 11.8. The van der Waals surface area contributed by atoms with E-state index in [1.54, 1.807) is 0 Å². The Labute approximate surface area is 174 Å². The van der Waals surface area contributed by atoms with Crippen molar-refractivity contribution in [2.24, 2.45) is 0 Å². The first-order chi connectivity index (χ1) is 13.7. The highest BCUT2D eigenvalue weighted by Crippen LogP contribution is 2.13. The minimum absolute atomic E-state index is 0.139. The van der Waals surface area contributed by atoms with Crippen molar-refractivity contribution in [1.82, 2.24) is 0 Å². The summed E-state index contributed by atoms with van der Waals surface area (Å²) in [5.74, 6) is 0. The topological polar surface area (TPSA) is 90.2 Å². The van der Waals surface area contributed by atoms with Crippen LogP contribution in [-0.2, 0) is 4.74 Å². The average molecular weight is 407 g/mol. The Bertz CT molecular complexity index is 229. The van der Waals surface area contributed by atoms with Gasteiger partial charge in [-0.3, -0.25) is 0 Å². The van der Waals surface area contributed by atoms with E-state index in [1.165, 1.54) is 96.8 Å². The highest BCUT2D eigenvalue weighted by Gasteiger charge is 1.95. The number of hydrogen-bond donors (Lipinski definition) is 4. The van der Waals surface area contributed by atoms with E-state index in [-0.39, 0.29) is 13.2 Å². The molecular weight excluding hydrogens is 356 g/mol. The van der Waals surface area contributed by atoms with Crippen LogP contribution in [0.15, 0.2) is 0 Å². The number of rotatable bonds is 21. The summed E-state index contributed by atoms with van der Waals surface area (Å²) in [5, 5.41) is 33.3. The molecule has 28 heavy (non-hydrogen) atoms. The van der Waals surface area contributed by atoms with Gasteiger partial charge in [-0.25, -0.2) is 0 Å². The number of aliphatic hydroxyl groups is 4. The lowest BCUT2D eigenvalue weighted by atomic mass is 10.0. The third kappa shape index (κ3) is 33.4. The summed E-state index contributed by atoms with van der Waals surface area (Å²) >= 11 is 0. The Morgan fingerprint density at radius 1 is 0.500 bits per heavy atom. The van der Waals surface area contributed by atoms with E-state index in [4.69, 9.17) is 25.2 Å². The van der Waals surface area contributed by atoms with Crippen LogP contribution in [0.5, 0.6) is 0 Å². The summed E-state index contributed by atoms with van der Waals surface area (Å²) in [5.41, 5.74) is 0. The monoisotopic (exact) mass is 406 g/mol. The van der Waals surface area contributed by atoms with Crippen LogP contribution in [0.2, 0.25) is 0 Å². The molecule has 5 heteroatoms. The van der Waals surface area contributed by atoms with Crippen molar-refractivity contribution in [3.63, 3.8) is 0 Å². The second-order valence-electron chi connectivity index (χ2n) is 7.75. The van der Waals surface area contributed by atoms with Gasteiger partial charge in [0.05, 0.1) is 25.9 Å². The van der Waals surface area contributed by atoms with Crippen molar-refractivity contribution >= 4 is 0 Å². The van der Waals surface area contributed by atoms with E-state index in [1.807, 2.05) is 0 Å². The molecule has 0 spiro atoms. The summed E-state index contributed by atoms with van der Waals surface area (Å²) in [6.45, 7) is 3.19. The first-order valence-corrected chi connectivity index (χ1v) is 11.8. The van der Waals surface area contributed by atoms with Crippen LogP contribution in [0.1, 0.15) is 110 Å². The zero-order valence-electron chi connectivity index (χ0n) is 18.6. The molecule has 0 aromatic carbocycles. The van der Waals surface area contributed by atoms with Crippen molar-refractivity contribution in [1.29, 1.82) is 0 Å². The zero-order chi connectivity index (χ0) is 21.1. The van der Waals surface area contributed by atoms with E-state index in [2.05, 4.69) is 0 Å². The highest BCUT2D eigenvalue weighted by molar-refractivity contribution is 4.50. The molecular formula is C23H50O5. The van der Waals surface area contributed by atoms with Gasteiger partial charge in [-0.1, -0.05) is 89.9 Å². The van der Waals surface area contributed by atoms with Gasteiger partial charge in [0.15, 0.2) is 0 Å². The molecule has 0 bridgehead atoms. The summed E-state index contributed by atoms with van der Waals surface area (Å²) in [6, 6.07) is 0. The van der Waals surface area contributed by atoms with E-state index in [0.29, 0.717) is 13.2 Å². The normalized spacial score (nSPS) is 11.9. The highest BCUT2D eigenvalue weighted by atomic mass is 16.5. The minimum atomic E-state index is -0.560. The Balaban J connectivity index is 0. The number of unbranched alkanes of at least 4 members (excludes halogenated alkanes) is 15. The van der Waals surface area contributed by atoms with Crippen molar-refractivity contribution < 1.29 is 25.2 Å². The van der Waals surface area contributed by atoms with Crippen LogP contribution in [-0.4, -0.2) is 59.6 Å². The van der Waals surface area contributed by atoms with E-state index >= 15 is 0 Å². The molecule has 0 radical (unpaired) electrons. The number of aliphatic hydroxyl groups excluding tert-OH is 4. The molecule has 4 N–H and O–H groups in total. The van der Waals surface area contributed by atoms with Gasteiger partial charge in [0.25, 0.3) is 0 Å². The number of hydrogen-bond acceptors (Lipinski definition) is 5. The predicted molar refractivity (Wildman–Crippen MR) is 118 cm³/mol. The van der Waals surface area contributed by atoms with E-state index in [0.717, 1.165) is 19.4 Å². The fourth-order valence-electron chi connectivity index (χ4n) is 2.96. The first kappa shape index (κ1) is 30.0. The zero-order valence-corrected chi connectivity index (χ0v) is 18.6.